The minimum atomic E-state index is -3.32. The molecule has 17 heavy (non-hydrogen) atoms. The third-order valence-corrected chi connectivity index (χ3v) is 5.54. The molecular weight excluding hydrogens is 306 g/mol. The number of benzene rings is 1. The lowest BCUT2D eigenvalue weighted by Crippen LogP contribution is -2.25. The lowest BCUT2D eigenvalue weighted by molar-refractivity contribution is 0.246. The molecule has 0 radical (unpaired) electrons. The molecule has 0 saturated heterocycles. The van der Waals surface area contributed by atoms with Gasteiger partial charge in [-0.1, -0.05) is 34.1 Å². The summed E-state index contributed by atoms with van der Waals surface area (Å²) in [6.45, 7) is 0.357. The Morgan fingerprint density at radius 3 is 2.59 bits per heavy atom. The van der Waals surface area contributed by atoms with Gasteiger partial charge in [-0.05, 0) is 12.1 Å². The Bertz CT molecular complexity index is 541. The first-order chi connectivity index (χ1) is 7.98. The van der Waals surface area contributed by atoms with Crippen LogP contribution >= 0.6 is 15.9 Å². The number of rotatable bonds is 5. The molecule has 1 unspecified atom stereocenters. The zero-order chi connectivity index (χ0) is 12.5. The molecule has 0 bridgehead atoms. The smallest absolute Gasteiger partial charge is 0.182 e. The molecule has 0 N–H and O–H groups in total. The van der Waals surface area contributed by atoms with E-state index in [2.05, 4.69) is 20.9 Å². The van der Waals surface area contributed by atoms with E-state index in [9.17, 15) is 8.42 Å². The molecule has 4 nitrogen and oxygen atoms in total. The van der Waals surface area contributed by atoms with E-state index in [1.807, 2.05) is 0 Å². The van der Waals surface area contributed by atoms with Crippen molar-refractivity contribution in [1.82, 2.24) is 0 Å². The van der Waals surface area contributed by atoms with E-state index in [-0.39, 0.29) is 5.75 Å². The monoisotopic (exact) mass is 317 g/mol. The summed E-state index contributed by atoms with van der Waals surface area (Å²) in [5, 5.41) is 0. The summed E-state index contributed by atoms with van der Waals surface area (Å²) < 4.78 is 28.4. The number of ether oxygens (including phenoxy) is 1. The predicted octanol–water partition coefficient (Wildman–Crippen LogP) is 1.65. The van der Waals surface area contributed by atoms with Crippen molar-refractivity contribution in [3.63, 3.8) is 0 Å². The van der Waals surface area contributed by atoms with Gasteiger partial charge in [0.15, 0.2) is 14.3 Å². The topological polar surface area (TPSA) is 55.7 Å². The van der Waals surface area contributed by atoms with Crippen molar-refractivity contribution in [3.05, 3.63) is 30.3 Å². The van der Waals surface area contributed by atoms with Crippen LogP contribution in [0.15, 0.2) is 40.2 Å². The van der Waals surface area contributed by atoms with Crippen LogP contribution in [0.4, 0.5) is 0 Å². The first-order valence-electron chi connectivity index (χ1n) is 5.03. The van der Waals surface area contributed by atoms with Crippen molar-refractivity contribution < 1.29 is 13.2 Å². The van der Waals surface area contributed by atoms with Gasteiger partial charge in [0.2, 0.25) is 0 Å². The zero-order valence-corrected chi connectivity index (χ0v) is 11.7. The van der Waals surface area contributed by atoms with E-state index < -0.39 is 14.3 Å². The van der Waals surface area contributed by atoms with Crippen molar-refractivity contribution in [3.8, 4) is 0 Å². The van der Waals surface area contributed by atoms with Gasteiger partial charge in [0.25, 0.3) is 0 Å². The SMILES string of the molecule is COCC1=NC1(Br)CS(=O)(=O)c1ccccc1. The first kappa shape index (κ1) is 12.7. The standard InChI is InChI=1S/C11H12BrNO3S/c1-16-7-10-11(12,13-10)8-17(14,15)9-5-3-2-4-6-9/h2-6H,7-8H2,1H3. The highest BCUT2D eigenvalue weighted by atomic mass is 79.9. The Labute approximate surface area is 109 Å². The van der Waals surface area contributed by atoms with Crippen molar-refractivity contribution in [2.45, 2.75) is 9.34 Å². The van der Waals surface area contributed by atoms with Gasteiger partial charge in [0, 0.05) is 7.11 Å². The van der Waals surface area contributed by atoms with E-state index in [1.54, 1.807) is 37.4 Å². The third-order valence-electron chi connectivity index (χ3n) is 2.47. The van der Waals surface area contributed by atoms with Crippen LogP contribution in [0.25, 0.3) is 0 Å². The molecule has 1 heterocycles. The second kappa shape index (κ2) is 4.51. The number of hydrogen-bond acceptors (Lipinski definition) is 4. The van der Waals surface area contributed by atoms with Crippen LogP contribution < -0.4 is 0 Å². The van der Waals surface area contributed by atoms with Crippen LogP contribution in [0, 0.1) is 0 Å². The first-order valence-corrected chi connectivity index (χ1v) is 7.47. The maximum Gasteiger partial charge on any atom is 0.182 e. The highest BCUT2D eigenvalue weighted by molar-refractivity contribution is 9.10. The van der Waals surface area contributed by atoms with E-state index in [0.717, 1.165) is 5.71 Å². The molecule has 0 aromatic heterocycles. The fraction of sp³-hybridized carbons (Fsp3) is 0.364. The van der Waals surface area contributed by atoms with Gasteiger partial charge in [0.05, 0.1) is 23.0 Å². The zero-order valence-electron chi connectivity index (χ0n) is 9.26. The van der Waals surface area contributed by atoms with E-state index in [0.29, 0.717) is 11.5 Å². The average molecular weight is 318 g/mol. The minimum absolute atomic E-state index is 0.0668. The Morgan fingerprint density at radius 1 is 1.35 bits per heavy atom. The molecular formula is C11H12BrNO3S. The highest BCUT2D eigenvalue weighted by Crippen LogP contribution is 2.37. The lowest BCUT2D eigenvalue weighted by atomic mass is 10.3. The number of alkyl halides is 1. The van der Waals surface area contributed by atoms with Crippen LogP contribution in [0.1, 0.15) is 0 Å². The van der Waals surface area contributed by atoms with E-state index in [1.165, 1.54) is 0 Å². The average Bonchev–Trinajstić information content (AvgIpc) is 2.89. The fourth-order valence-electron chi connectivity index (χ4n) is 1.54. The second-order valence-electron chi connectivity index (χ2n) is 3.82. The molecule has 0 fully saturated rings. The Kier molecular flexibility index (Phi) is 3.38. The summed E-state index contributed by atoms with van der Waals surface area (Å²) in [6.07, 6.45) is 0. The summed E-state index contributed by atoms with van der Waals surface area (Å²) in [6, 6.07) is 8.37. The molecule has 0 aliphatic carbocycles. The molecule has 0 saturated carbocycles. The predicted molar refractivity (Wildman–Crippen MR) is 69.5 cm³/mol. The maximum atomic E-state index is 12.1. The highest BCUT2D eigenvalue weighted by Gasteiger charge is 2.48. The van der Waals surface area contributed by atoms with E-state index in [4.69, 9.17) is 4.74 Å². The van der Waals surface area contributed by atoms with Crippen molar-refractivity contribution in [2.24, 2.45) is 4.99 Å². The van der Waals surface area contributed by atoms with Crippen LogP contribution in [0.2, 0.25) is 0 Å². The molecule has 1 atom stereocenters. The quantitative estimate of drug-likeness (QED) is 0.613. The number of aliphatic imine (C=N–C) groups is 1. The molecule has 2 rings (SSSR count). The van der Waals surface area contributed by atoms with Gasteiger partial charge in [-0.15, -0.1) is 0 Å². The molecule has 1 aliphatic heterocycles. The molecule has 92 valence electrons. The largest absolute Gasteiger partial charge is 0.379 e. The summed E-state index contributed by atoms with van der Waals surface area (Å²) in [5.41, 5.74) is 0.736. The Hall–Kier alpha value is -0.720. The Balaban J connectivity index is 2.11. The van der Waals surface area contributed by atoms with Crippen LogP contribution in [-0.2, 0) is 14.6 Å². The summed E-state index contributed by atoms with van der Waals surface area (Å²) in [7, 11) is -1.77. The van der Waals surface area contributed by atoms with Crippen molar-refractivity contribution in [2.75, 3.05) is 19.5 Å². The van der Waals surface area contributed by atoms with Gasteiger partial charge >= 0.3 is 0 Å². The minimum Gasteiger partial charge on any atom is -0.379 e. The van der Waals surface area contributed by atoms with E-state index >= 15 is 0 Å². The van der Waals surface area contributed by atoms with Gasteiger partial charge < -0.3 is 4.74 Å². The number of hydrogen-bond donors (Lipinski definition) is 0. The van der Waals surface area contributed by atoms with Crippen LogP contribution in [-0.4, -0.2) is 38.0 Å². The summed E-state index contributed by atoms with van der Waals surface area (Å²) in [4.78, 5) is 4.43. The molecule has 0 spiro atoms. The summed E-state index contributed by atoms with van der Waals surface area (Å²) in [5.74, 6) is -0.0668. The molecule has 6 heteroatoms. The Morgan fingerprint density at radius 2 is 2.00 bits per heavy atom. The van der Waals surface area contributed by atoms with Crippen LogP contribution in [0.5, 0.6) is 0 Å². The van der Waals surface area contributed by atoms with Gasteiger partial charge in [-0.3, -0.25) is 4.99 Å². The van der Waals surface area contributed by atoms with Crippen LogP contribution in [0.3, 0.4) is 0 Å². The number of nitrogens with zero attached hydrogens (tertiary/aromatic N) is 1. The molecule has 1 aliphatic rings. The van der Waals surface area contributed by atoms with Gasteiger partial charge in [0.1, 0.15) is 0 Å². The normalized spacial score (nSPS) is 23.3. The molecule has 0 amide bonds. The van der Waals surface area contributed by atoms with Gasteiger partial charge in [-0.2, -0.15) is 0 Å². The van der Waals surface area contributed by atoms with Crippen molar-refractivity contribution in [1.29, 1.82) is 0 Å². The fourth-order valence-corrected chi connectivity index (χ4v) is 4.25. The molecule has 1 aromatic rings. The summed E-state index contributed by atoms with van der Waals surface area (Å²) >= 11 is 3.33. The number of halogens is 1. The number of methoxy groups -OCH3 is 1. The number of sulfone groups is 1. The maximum absolute atomic E-state index is 12.1. The van der Waals surface area contributed by atoms with Gasteiger partial charge in [-0.25, -0.2) is 8.42 Å². The molecule has 1 aromatic carbocycles. The second-order valence-corrected chi connectivity index (χ2v) is 7.12. The third kappa shape index (κ3) is 2.75. The van der Waals surface area contributed by atoms with Crippen molar-refractivity contribution >= 4 is 31.5 Å². The lowest BCUT2D eigenvalue weighted by Gasteiger charge is -2.08.